The zero-order chi connectivity index (χ0) is 7.14. The number of rotatable bonds is 0. The Labute approximate surface area is 64.9 Å². The molecule has 0 saturated heterocycles. The summed E-state index contributed by atoms with van der Waals surface area (Å²) in [5.74, 6) is 0. The lowest BCUT2D eigenvalue weighted by atomic mass is 10.2. The third-order valence-corrected chi connectivity index (χ3v) is 3.37. The number of thiophene rings is 1. The second-order valence-corrected chi connectivity index (χ2v) is 4.14. The molecule has 1 heterocycles. The summed E-state index contributed by atoms with van der Waals surface area (Å²) in [7, 11) is 0. The fourth-order valence-electron chi connectivity index (χ4n) is 1.57. The molecule has 2 rings (SSSR count). The van der Waals surface area contributed by atoms with Gasteiger partial charge in [-0.15, -0.1) is 11.3 Å². The predicted octanol–water partition coefficient (Wildman–Crippen LogP) is 2.13. The topological polar surface area (TPSA) is 26.0 Å². The first-order valence-corrected chi connectivity index (χ1v) is 4.47. The van der Waals surface area contributed by atoms with Crippen molar-refractivity contribution in [1.82, 2.24) is 0 Å². The molecule has 2 N–H and O–H groups in total. The molecule has 1 aromatic heterocycles. The van der Waals surface area contributed by atoms with E-state index in [1.54, 1.807) is 0 Å². The first-order chi connectivity index (χ1) is 4.79. The van der Waals surface area contributed by atoms with Crippen LogP contribution < -0.4 is 5.73 Å². The van der Waals surface area contributed by atoms with Gasteiger partial charge in [0.2, 0.25) is 0 Å². The Morgan fingerprint density at radius 2 is 2.20 bits per heavy atom. The Morgan fingerprint density at radius 3 is 2.90 bits per heavy atom. The molecule has 0 spiro atoms. The van der Waals surface area contributed by atoms with Crippen LogP contribution in [0, 0.1) is 6.92 Å². The van der Waals surface area contributed by atoms with Crippen LogP contribution in [-0.2, 0) is 12.8 Å². The highest BCUT2D eigenvalue weighted by molar-refractivity contribution is 7.12. The predicted molar refractivity (Wildman–Crippen MR) is 45.5 cm³/mol. The molecule has 2 heteroatoms. The molecule has 0 atom stereocenters. The summed E-state index contributed by atoms with van der Waals surface area (Å²) in [6.07, 6.45) is 3.79. The van der Waals surface area contributed by atoms with E-state index in [1.165, 1.54) is 34.6 Å². The highest BCUT2D eigenvalue weighted by Crippen LogP contribution is 2.36. The molecular weight excluding hydrogens is 142 g/mol. The van der Waals surface area contributed by atoms with Crippen LogP contribution >= 0.6 is 11.3 Å². The molecule has 1 aliphatic carbocycles. The number of hydrogen-bond acceptors (Lipinski definition) is 2. The van der Waals surface area contributed by atoms with Gasteiger partial charge in [0.25, 0.3) is 0 Å². The van der Waals surface area contributed by atoms with Crippen LogP contribution in [0.1, 0.15) is 21.7 Å². The van der Waals surface area contributed by atoms with Gasteiger partial charge in [-0.3, -0.25) is 0 Å². The number of nitrogens with two attached hydrogens (primary N) is 1. The minimum atomic E-state index is 1.07. The van der Waals surface area contributed by atoms with Crippen molar-refractivity contribution >= 4 is 17.0 Å². The zero-order valence-corrected chi connectivity index (χ0v) is 6.92. The Kier molecular flexibility index (Phi) is 1.24. The van der Waals surface area contributed by atoms with E-state index in [4.69, 9.17) is 5.73 Å². The average Bonchev–Trinajstić information content (AvgIpc) is 2.41. The number of fused-ring (bicyclic) bond motifs is 1. The lowest BCUT2D eigenvalue weighted by Gasteiger charge is -1.92. The molecule has 0 radical (unpaired) electrons. The van der Waals surface area contributed by atoms with Gasteiger partial charge in [-0.1, -0.05) is 0 Å². The molecule has 0 unspecified atom stereocenters. The molecule has 0 aliphatic heterocycles. The molecule has 54 valence electrons. The van der Waals surface area contributed by atoms with Gasteiger partial charge in [-0.25, -0.2) is 0 Å². The van der Waals surface area contributed by atoms with Crippen LogP contribution in [0.3, 0.4) is 0 Å². The molecule has 0 aromatic carbocycles. The number of aryl methyl sites for hydroxylation is 2. The summed E-state index contributed by atoms with van der Waals surface area (Å²) in [6.45, 7) is 2.11. The molecule has 0 bridgehead atoms. The Hall–Kier alpha value is -0.500. The van der Waals surface area contributed by atoms with E-state index >= 15 is 0 Å². The molecule has 1 aliphatic rings. The van der Waals surface area contributed by atoms with Crippen LogP contribution in [0.5, 0.6) is 0 Å². The first kappa shape index (κ1) is 6.23. The Balaban J connectivity index is 2.59. The molecule has 0 amide bonds. The van der Waals surface area contributed by atoms with E-state index in [1.807, 2.05) is 11.3 Å². The lowest BCUT2D eigenvalue weighted by molar-refractivity contribution is 0.915. The average molecular weight is 153 g/mol. The normalized spacial score (nSPS) is 15.7. The summed E-state index contributed by atoms with van der Waals surface area (Å²) in [5, 5.41) is 0. The van der Waals surface area contributed by atoms with Gasteiger partial charge in [-0.2, -0.15) is 0 Å². The van der Waals surface area contributed by atoms with E-state index in [0.717, 1.165) is 5.69 Å². The van der Waals surface area contributed by atoms with E-state index in [-0.39, 0.29) is 0 Å². The molecule has 10 heavy (non-hydrogen) atoms. The van der Waals surface area contributed by atoms with Crippen molar-refractivity contribution in [2.45, 2.75) is 26.2 Å². The molecule has 0 saturated carbocycles. The van der Waals surface area contributed by atoms with Gasteiger partial charge in [0.05, 0.1) is 0 Å². The van der Waals surface area contributed by atoms with Crippen LogP contribution in [0.25, 0.3) is 0 Å². The summed E-state index contributed by atoms with van der Waals surface area (Å²) in [6, 6.07) is 0. The summed E-state index contributed by atoms with van der Waals surface area (Å²) < 4.78 is 0. The van der Waals surface area contributed by atoms with Crippen LogP contribution in [0.2, 0.25) is 0 Å². The van der Waals surface area contributed by atoms with E-state index < -0.39 is 0 Å². The van der Waals surface area contributed by atoms with Crippen molar-refractivity contribution < 1.29 is 0 Å². The van der Waals surface area contributed by atoms with Crippen molar-refractivity contribution in [1.29, 1.82) is 0 Å². The molecular formula is C8H11NS. The minimum absolute atomic E-state index is 1.07. The summed E-state index contributed by atoms with van der Waals surface area (Å²) in [4.78, 5) is 2.85. The number of anilines is 1. The van der Waals surface area contributed by atoms with Crippen LogP contribution in [0.4, 0.5) is 5.69 Å². The second kappa shape index (κ2) is 1.99. The maximum absolute atomic E-state index is 5.86. The quantitative estimate of drug-likeness (QED) is 0.607. The van der Waals surface area contributed by atoms with Gasteiger partial charge in [0.15, 0.2) is 0 Å². The van der Waals surface area contributed by atoms with Crippen LogP contribution in [-0.4, -0.2) is 0 Å². The van der Waals surface area contributed by atoms with Crippen LogP contribution in [0.15, 0.2) is 0 Å². The van der Waals surface area contributed by atoms with Gasteiger partial charge in [-0.05, 0) is 31.7 Å². The van der Waals surface area contributed by atoms with Crippen molar-refractivity contribution in [3.63, 3.8) is 0 Å². The summed E-state index contributed by atoms with van der Waals surface area (Å²) in [5.41, 5.74) is 8.38. The smallest absolute Gasteiger partial charge is 0.0487 e. The lowest BCUT2D eigenvalue weighted by Crippen LogP contribution is -1.88. The first-order valence-electron chi connectivity index (χ1n) is 3.65. The molecule has 1 aromatic rings. The fraction of sp³-hybridized carbons (Fsp3) is 0.500. The molecule has 0 fully saturated rings. The second-order valence-electron chi connectivity index (χ2n) is 2.83. The minimum Gasteiger partial charge on any atom is -0.398 e. The van der Waals surface area contributed by atoms with E-state index in [2.05, 4.69) is 6.92 Å². The third kappa shape index (κ3) is 0.686. The highest BCUT2D eigenvalue weighted by atomic mass is 32.1. The van der Waals surface area contributed by atoms with Gasteiger partial charge in [0.1, 0.15) is 0 Å². The monoisotopic (exact) mass is 153 g/mol. The fourth-order valence-corrected chi connectivity index (χ4v) is 2.75. The van der Waals surface area contributed by atoms with Crippen molar-refractivity contribution in [3.05, 3.63) is 15.3 Å². The van der Waals surface area contributed by atoms with Gasteiger partial charge >= 0.3 is 0 Å². The van der Waals surface area contributed by atoms with E-state index in [0.29, 0.717) is 0 Å². The Bertz CT molecular complexity index is 262. The number of nitrogen functional groups attached to an aromatic ring is 1. The largest absolute Gasteiger partial charge is 0.398 e. The maximum atomic E-state index is 5.86. The SMILES string of the molecule is Cc1sc2c(c1N)CCC2. The van der Waals surface area contributed by atoms with E-state index in [9.17, 15) is 0 Å². The maximum Gasteiger partial charge on any atom is 0.0487 e. The van der Waals surface area contributed by atoms with Crippen molar-refractivity contribution in [2.75, 3.05) is 5.73 Å². The Morgan fingerprint density at radius 1 is 1.40 bits per heavy atom. The third-order valence-electron chi connectivity index (χ3n) is 2.15. The zero-order valence-electron chi connectivity index (χ0n) is 6.11. The van der Waals surface area contributed by atoms with Crippen molar-refractivity contribution in [3.8, 4) is 0 Å². The molecule has 1 nitrogen and oxygen atoms in total. The summed E-state index contributed by atoms with van der Waals surface area (Å²) >= 11 is 1.88. The number of hydrogen-bond donors (Lipinski definition) is 1. The van der Waals surface area contributed by atoms with Gasteiger partial charge < -0.3 is 5.73 Å². The van der Waals surface area contributed by atoms with Crippen molar-refractivity contribution in [2.24, 2.45) is 0 Å². The highest BCUT2D eigenvalue weighted by Gasteiger charge is 2.17. The van der Waals surface area contributed by atoms with Gasteiger partial charge in [0, 0.05) is 15.4 Å². The standard InChI is InChI=1S/C8H11NS/c1-5-8(9)6-3-2-4-7(6)10-5/h2-4,9H2,1H3.